The lowest BCUT2D eigenvalue weighted by atomic mass is 10.1. The molecule has 1 saturated heterocycles. The van der Waals surface area contributed by atoms with E-state index in [4.69, 9.17) is 27.9 Å². The van der Waals surface area contributed by atoms with Crippen LogP contribution >= 0.6 is 23.2 Å². The highest BCUT2D eigenvalue weighted by molar-refractivity contribution is 6.37. The van der Waals surface area contributed by atoms with Crippen LogP contribution in [0.1, 0.15) is 6.92 Å². The molecule has 2 heterocycles. The average molecular weight is 424 g/mol. The molecule has 1 atom stereocenters. The number of carbonyl (C=O) groups is 2. The number of aromatic nitrogens is 1. The third kappa shape index (κ3) is 3.78. The maximum atomic E-state index is 12.5. The molecule has 1 aliphatic heterocycles. The van der Waals surface area contributed by atoms with Crippen LogP contribution in [0, 0.1) is 0 Å². The fraction of sp³-hybridized carbons (Fsp3) is 0.316. The third-order valence-electron chi connectivity index (χ3n) is 4.69. The number of piperazine rings is 1. The number of nitrogens with zero attached hydrogens (tertiary/aromatic N) is 3. The Balaban J connectivity index is 1.89. The molecule has 0 bridgehead atoms. The first-order chi connectivity index (χ1) is 13.4. The van der Waals surface area contributed by atoms with Crippen LogP contribution in [0.15, 0.2) is 42.7 Å². The van der Waals surface area contributed by atoms with Crippen LogP contribution in [0.2, 0.25) is 10.0 Å². The SMILES string of the molecule is CC(=O)C(Oc1c(Cl)cccc1Cl)(C(=O)O)N1CCN(c2ccncc2)CC1. The van der Waals surface area contributed by atoms with Crippen molar-refractivity contribution in [3.05, 3.63) is 52.8 Å². The largest absolute Gasteiger partial charge is 0.477 e. The van der Waals surface area contributed by atoms with E-state index < -0.39 is 17.5 Å². The molecular formula is C19H19Cl2N3O4. The minimum atomic E-state index is -2.21. The number of para-hydroxylation sites is 1. The molecule has 0 amide bonds. The number of ketones is 1. The van der Waals surface area contributed by atoms with E-state index in [1.807, 2.05) is 12.1 Å². The first-order valence-electron chi connectivity index (χ1n) is 8.63. The average Bonchev–Trinajstić information content (AvgIpc) is 2.68. The molecule has 3 rings (SSSR count). The molecule has 1 aromatic heterocycles. The number of carboxylic acid groups (broad SMARTS) is 1. The Hall–Kier alpha value is -2.35. The number of rotatable bonds is 6. The highest BCUT2D eigenvalue weighted by Crippen LogP contribution is 2.37. The van der Waals surface area contributed by atoms with Crippen molar-refractivity contribution >= 4 is 40.6 Å². The number of hydrogen-bond acceptors (Lipinski definition) is 6. The van der Waals surface area contributed by atoms with E-state index in [2.05, 4.69) is 9.88 Å². The molecule has 1 N–H and O–H groups in total. The number of carboxylic acids is 1. The summed E-state index contributed by atoms with van der Waals surface area (Å²) >= 11 is 12.3. The number of anilines is 1. The maximum Gasteiger partial charge on any atom is 0.372 e. The summed E-state index contributed by atoms with van der Waals surface area (Å²) in [4.78, 5) is 32.4. The summed E-state index contributed by atoms with van der Waals surface area (Å²) in [7, 11) is 0. The molecule has 0 spiro atoms. The van der Waals surface area contributed by atoms with Crippen LogP contribution in [-0.4, -0.2) is 58.6 Å². The first kappa shape index (κ1) is 20.4. The van der Waals surface area contributed by atoms with Crippen LogP contribution in [0.4, 0.5) is 5.69 Å². The van der Waals surface area contributed by atoms with Crippen molar-refractivity contribution in [3.8, 4) is 5.75 Å². The van der Waals surface area contributed by atoms with Crippen molar-refractivity contribution < 1.29 is 19.4 Å². The van der Waals surface area contributed by atoms with E-state index in [-0.39, 0.29) is 15.8 Å². The summed E-state index contributed by atoms with van der Waals surface area (Å²) in [6.45, 7) is 2.83. The molecule has 0 saturated carbocycles. The van der Waals surface area contributed by atoms with Gasteiger partial charge in [-0.15, -0.1) is 0 Å². The number of carbonyl (C=O) groups excluding carboxylic acids is 1. The number of benzene rings is 1. The lowest BCUT2D eigenvalue weighted by Gasteiger charge is -2.43. The Kier molecular flexibility index (Phi) is 6.07. The van der Waals surface area contributed by atoms with E-state index in [1.165, 1.54) is 24.0 Å². The Morgan fingerprint density at radius 2 is 1.64 bits per heavy atom. The zero-order valence-corrected chi connectivity index (χ0v) is 16.7. The van der Waals surface area contributed by atoms with E-state index in [0.717, 1.165) is 5.69 Å². The van der Waals surface area contributed by atoms with Gasteiger partial charge in [-0.3, -0.25) is 9.78 Å². The summed E-state index contributed by atoms with van der Waals surface area (Å²) in [5.74, 6) is -2.10. The minimum absolute atomic E-state index is 0.0278. The zero-order chi connectivity index (χ0) is 20.3. The third-order valence-corrected chi connectivity index (χ3v) is 5.28. The summed E-state index contributed by atoms with van der Waals surface area (Å²) in [5, 5.41) is 10.2. The monoisotopic (exact) mass is 423 g/mol. The van der Waals surface area contributed by atoms with Gasteiger partial charge in [0.25, 0.3) is 0 Å². The van der Waals surface area contributed by atoms with Gasteiger partial charge in [0, 0.05) is 51.2 Å². The first-order valence-corrected chi connectivity index (χ1v) is 9.39. The molecule has 7 nitrogen and oxygen atoms in total. The topological polar surface area (TPSA) is 83.0 Å². The van der Waals surface area contributed by atoms with E-state index >= 15 is 0 Å². The smallest absolute Gasteiger partial charge is 0.372 e. The molecule has 1 fully saturated rings. The van der Waals surface area contributed by atoms with Gasteiger partial charge in [-0.05, 0) is 24.3 Å². The molecule has 9 heteroatoms. The van der Waals surface area contributed by atoms with Gasteiger partial charge in [-0.25, -0.2) is 9.69 Å². The fourth-order valence-corrected chi connectivity index (χ4v) is 3.73. The lowest BCUT2D eigenvalue weighted by Crippen LogP contribution is -2.67. The molecule has 2 aromatic rings. The molecule has 148 valence electrons. The summed E-state index contributed by atoms with van der Waals surface area (Å²) in [5.41, 5.74) is -1.23. The predicted octanol–water partition coefficient (Wildman–Crippen LogP) is 2.96. The van der Waals surface area contributed by atoms with Crippen LogP contribution in [-0.2, 0) is 9.59 Å². The number of hydrogen-bond donors (Lipinski definition) is 1. The van der Waals surface area contributed by atoms with Crippen LogP contribution < -0.4 is 9.64 Å². The Morgan fingerprint density at radius 3 is 2.14 bits per heavy atom. The summed E-state index contributed by atoms with van der Waals surface area (Å²) in [6.07, 6.45) is 3.39. The van der Waals surface area contributed by atoms with Crippen LogP contribution in [0.25, 0.3) is 0 Å². The van der Waals surface area contributed by atoms with Crippen molar-refractivity contribution in [2.75, 3.05) is 31.1 Å². The second kappa shape index (κ2) is 8.34. The number of Topliss-reactive ketones (excluding diaryl/α,β-unsaturated/α-hetero) is 1. The molecular weight excluding hydrogens is 405 g/mol. The van der Waals surface area contributed by atoms with E-state index in [0.29, 0.717) is 26.2 Å². The Bertz CT molecular complexity index is 836. The summed E-state index contributed by atoms with van der Waals surface area (Å²) in [6, 6.07) is 8.42. The normalized spacial score (nSPS) is 17.0. The highest BCUT2D eigenvalue weighted by atomic mass is 35.5. The standard InChI is InChI=1S/C19H19Cl2N3O4/c1-13(25)19(18(26)27,28-17-15(20)3-2-4-16(17)21)24-11-9-23(10-12-24)14-5-7-22-8-6-14/h2-8H,9-12H2,1H3,(H,26,27). The van der Waals surface area contributed by atoms with Gasteiger partial charge in [0.15, 0.2) is 5.75 Å². The second-order valence-electron chi connectivity index (χ2n) is 6.34. The van der Waals surface area contributed by atoms with Gasteiger partial charge in [-0.2, -0.15) is 0 Å². The molecule has 0 aliphatic carbocycles. The Labute approximate surface area is 172 Å². The molecule has 1 aromatic carbocycles. The van der Waals surface area contributed by atoms with Crippen LogP contribution in [0.3, 0.4) is 0 Å². The van der Waals surface area contributed by atoms with Gasteiger partial charge in [0.2, 0.25) is 5.78 Å². The van der Waals surface area contributed by atoms with Gasteiger partial charge in [-0.1, -0.05) is 29.3 Å². The summed E-state index contributed by atoms with van der Waals surface area (Å²) < 4.78 is 5.75. The van der Waals surface area contributed by atoms with Gasteiger partial charge < -0.3 is 14.7 Å². The fourth-order valence-electron chi connectivity index (χ4n) is 3.25. The minimum Gasteiger partial charge on any atom is -0.477 e. The number of pyridine rings is 1. The molecule has 1 unspecified atom stereocenters. The van der Waals surface area contributed by atoms with Crippen molar-refractivity contribution in [1.82, 2.24) is 9.88 Å². The van der Waals surface area contributed by atoms with Crippen molar-refractivity contribution in [2.45, 2.75) is 12.6 Å². The molecule has 28 heavy (non-hydrogen) atoms. The zero-order valence-electron chi connectivity index (χ0n) is 15.1. The van der Waals surface area contributed by atoms with Gasteiger partial charge >= 0.3 is 11.7 Å². The van der Waals surface area contributed by atoms with Crippen molar-refractivity contribution in [1.29, 1.82) is 0 Å². The highest BCUT2D eigenvalue weighted by Gasteiger charge is 2.53. The van der Waals surface area contributed by atoms with Crippen LogP contribution in [0.5, 0.6) is 5.75 Å². The predicted molar refractivity (Wildman–Crippen MR) is 106 cm³/mol. The number of aliphatic carboxylic acids is 1. The van der Waals surface area contributed by atoms with Crippen molar-refractivity contribution in [2.24, 2.45) is 0 Å². The van der Waals surface area contributed by atoms with Gasteiger partial charge in [0.1, 0.15) is 0 Å². The van der Waals surface area contributed by atoms with Gasteiger partial charge in [0.05, 0.1) is 10.0 Å². The number of ether oxygens (including phenoxy) is 1. The molecule has 0 radical (unpaired) electrons. The lowest BCUT2D eigenvalue weighted by molar-refractivity contribution is -0.181. The maximum absolute atomic E-state index is 12.5. The van der Waals surface area contributed by atoms with E-state index in [1.54, 1.807) is 18.5 Å². The molecule has 1 aliphatic rings. The number of halogens is 2. The van der Waals surface area contributed by atoms with E-state index in [9.17, 15) is 14.7 Å². The Morgan fingerprint density at radius 1 is 1.07 bits per heavy atom. The van der Waals surface area contributed by atoms with Crippen molar-refractivity contribution in [3.63, 3.8) is 0 Å². The quantitative estimate of drug-likeness (QED) is 0.714. The second-order valence-corrected chi connectivity index (χ2v) is 7.15.